The van der Waals surface area contributed by atoms with Crippen LogP contribution in [-0.4, -0.2) is 24.9 Å². The van der Waals surface area contributed by atoms with Gasteiger partial charge < -0.3 is 14.6 Å². The number of amides is 2. The number of hydrogen-bond donors (Lipinski definition) is 1. The largest absolute Gasteiger partial charge is 0.472 e. The van der Waals surface area contributed by atoms with Gasteiger partial charge in [0, 0.05) is 25.2 Å². The van der Waals surface area contributed by atoms with Crippen LogP contribution in [0, 0.1) is 0 Å². The van der Waals surface area contributed by atoms with E-state index >= 15 is 0 Å². The average Bonchev–Trinajstić information content (AvgIpc) is 3.01. The summed E-state index contributed by atoms with van der Waals surface area (Å²) in [5, 5.41) is 2.75. The maximum Gasteiger partial charge on any atom is 0.254 e. The number of anilines is 1. The third-order valence-electron chi connectivity index (χ3n) is 4.07. The molecular weight excluding hydrogens is 292 g/mol. The van der Waals surface area contributed by atoms with Gasteiger partial charge in [0.25, 0.3) is 5.91 Å². The van der Waals surface area contributed by atoms with Gasteiger partial charge in [0.15, 0.2) is 0 Å². The number of aryl methyl sites for hydroxylation is 1. The molecule has 0 radical (unpaired) electrons. The van der Waals surface area contributed by atoms with E-state index in [-0.39, 0.29) is 18.2 Å². The number of carbonyl (C=O) groups is 2. The van der Waals surface area contributed by atoms with Gasteiger partial charge in [0.1, 0.15) is 6.26 Å². The molecule has 0 unspecified atom stereocenters. The fourth-order valence-corrected chi connectivity index (χ4v) is 2.86. The van der Waals surface area contributed by atoms with Crippen LogP contribution in [0.25, 0.3) is 0 Å². The molecule has 0 fully saturated rings. The van der Waals surface area contributed by atoms with Gasteiger partial charge in [0.05, 0.1) is 11.8 Å². The van der Waals surface area contributed by atoms with Crippen LogP contribution in [0.1, 0.15) is 35.2 Å². The predicted octanol–water partition coefficient (Wildman–Crippen LogP) is 2.77. The van der Waals surface area contributed by atoms with Gasteiger partial charge in [-0.25, -0.2) is 0 Å². The fourth-order valence-electron chi connectivity index (χ4n) is 2.86. The summed E-state index contributed by atoms with van der Waals surface area (Å²) in [6.07, 6.45) is 6.24. The zero-order valence-corrected chi connectivity index (χ0v) is 13.0. The van der Waals surface area contributed by atoms with Crippen molar-refractivity contribution < 1.29 is 14.0 Å². The lowest BCUT2D eigenvalue weighted by Crippen LogP contribution is -2.35. The molecule has 1 aliphatic heterocycles. The van der Waals surface area contributed by atoms with Crippen molar-refractivity contribution in [1.82, 2.24) is 5.32 Å². The van der Waals surface area contributed by atoms with Crippen molar-refractivity contribution in [3.05, 3.63) is 54.0 Å². The third kappa shape index (κ3) is 3.62. The van der Waals surface area contributed by atoms with E-state index < -0.39 is 0 Å². The van der Waals surface area contributed by atoms with E-state index in [9.17, 15) is 9.59 Å². The van der Waals surface area contributed by atoms with Crippen molar-refractivity contribution in [2.75, 3.05) is 18.0 Å². The molecule has 2 amide bonds. The monoisotopic (exact) mass is 312 g/mol. The van der Waals surface area contributed by atoms with Crippen molar-refractivity contribution >= 4 is 17.5 Å². The minimum atomic E-state index is -0.220. The van der Waals surface area contributed by atoms with Gasteiger partial charge in [0.2, 0.25) is 5.91 Å². The number of fused-ring (bicyclic) bond motifs is 1. The summed E-state index contributed by atoms with van der Waals surface area (Å²) in [5.41, 5.74) is 2.70. The first-order valence-electron chi connectivity index (χ1n) is 7.94. The molecule has 0 saturated heterocycles. The second-order valence-corrected chi connectivity index (χ2v) is 5.65. The summed E-state index contributed by atoms with van der Waals surface area (Å²) >= 11 is 0. The molecule has 1 aliphatic rings. The average molecular weight is 312 g/mol. The van der Waals surface area contributed by atoms with Crippen LogP contribution in [0.5, 0.6) is 0 Å². The van der Waals surface area contributed by atoms with Crippen LogP contribution in [-0.2, 0) is 11.2 Å². The molecule has 0 spiro atoms. The Hall–Kier alpha value is -2.56. The van der Waals surface area contributed by atoms with E-state index in [1.54, 1.807) is 6.07 Å². The Kier molecular flexibility index (Phi) is 4.76. The Morgan fingerprint density at radius 1 is 1.17 bits per heavy atom. The second-order valence-electron chi connectivity index (χ2n) is 5.65. The fraction of sp³-hybridized carbons (Fsp3) is 0.333. The maximum atomic E-state index is 12.5. The molecule has 1 N–H and O–H groups in total. The molecule has 3 rings (SSSR count). The summed E-state index contributed by atoms with van der Waals surface area (Å²) in [6.45, 7) is 1.06. The highest BCUT2D eigenvalue weighted by Crippen LogP contribution is 2.26. The van der Waals surface area contributed by atoms with Gasteiger partial charge in [-0.3, -0.25) is 9.59 Å². The molecule has 1 aromatic heterocycles. The quantitative estimate of drug-likeness (QED) is 0.944. The molecule has 5 nitrogen and oxygen atoms in total. The molecule has 120 valence electrons. The summed E-state index contributed by atoms with van der Waals surface area (Å²) < 4.78 is 4.88. The van der Waals surface area contributed by atoms with Gasteiger partial charge in [-0.15, -0.1) is 0 Å². The Bertz CT molecular complexity index is 679. The molecule has 2 heterocycles. The normalized spacial score (nSPS) is 14.0. The van der Waals surface area contributed by atoms with Crippen LogP contribution in [0.4, 0.5) is 5.69 Å². The van der Waals surface area contributed by atoms with Gasteiger partial charge in [-0.05, 0) is 37.0 Å². The number of furan rings is 1. The highest BCUT2D eigenvalue weighted by molar-refractivity contribution is 5.96. The highest BCUT2D eigenvalue weighted by atomic mass is 16.3. The Morgan fingerprint density at radius 2 is 2.04 bits per heavy atom. The summed E-state index contributed by atoms with van der Waals surface area (Å²) in [6, 6.07) is 9.66. The Morgan fingerprint density at radius 3 is 2.87 bits per heavy atom. The van der Waals surface area contributed by atoms with E-state index in [1.165, 1.54) is 18.1 Å². The summed E-state index contributed by atoms with van der Waals surface area (Å²) in [7, 11) is 0. The van der Waals surface area contributed by atoms with Gasteiger partial charge in [-0.1, -0.05) is 18.2 Å². The number of carbonyl (C=O) groups excluding carboxylic acids is 2. The van der Waals surface area contributed by atoms with Crippen molar-refractivity contribution in [3.8, 4) is 0 Å². The molecule has 1 aromatic carbocycles. The Balaban J connectivity index is 1.59. The third-order valence-corrected chi connectivity index (χ3v) is 4.07. The lowest BCUT2D eigenvalue weighted by atomic mass is 10.1. The maximum absolute atomic E-state index is 12.5. The number of nitrogens with one attached hydrogen (secondary N) is 1. The van der Waals surface area contributed by atoms with E-state index in [2.05, 4.69) is 11.4 Å². The van der Waals surface area contributed by atoms with E-state index in [1.807, 2.05) is 23.1 Å². The molecule has 5 heteroatoms. The molecule has 0 bridgehead atoms. The molecule has 0 saturated carbocycles. The second kappa shape index (κ2) is 7.13. The van der Waals surface area contributed by atoms with Crippen LogP contribution in [0.2, 0.25) is 0 Å². The number of hydrogen-bond acceptors (Lipinski definition) is 3. The van der Waals surface area contributed by atoms with Crippen molar-refractivity contribution in [3.63, 3.8) is 0 Å². The molecule has 2 aromatic rings. The SMILES string of the molecule is O=C(NCCC(=O)N1CCCCc2ccccc21)c1ccoc1. The molecule has 23 heavy (non-hydrogen) atoms. The van der Waals surface area contributed by atoms with Crippen LogP contribution in [0.15, 0.2) is 47.3 Å². The minimum Gasteiger partial charge on any atom is -0.472 e. The standard InChI is InChI=1S/C18H20N2O3/c21-17(8-10-19-18(22)15-9-12-23-13-15)20-11-4-3-6-14-5-1-2-7-16(14)20/h1-2,5,7,9,12-13H,3-4,6,8,10-11H2,(H,19,22). The smallest absolute Gasteiger partial charge is 0.254 e. The van der Waals surface area contributed by atoms with Crippen molar-refractivity contribution in [1.29, 1.82) is 0 Å². The van der Waals surface area contributed by atoms with Crippen LogP contribution in [0.3, 0.4) is 0 Å². The first-order chi connectivity index (χ1) is 11.3. The number of nitrogens with zero attached hydrogens (tertiary/aromatic N) is 1. The Labute approximate surface area is 135 Å². The summed E-state index contributed by atoms with van der Waals surface area (Å²) in [5.74, 6) is -0.172. The highest BCUT2D eigenvalue weighted by Gasteiger charge is 2.20. The number of rotatable bonds is 4. The lowest BCUT2D eigenvalue weighted by molar-refractivity contribution is -0.118. The molecule has 0 atom stereocenters. The number of benzene rings is 1. The summed E-state index contributed by atoms with van der Waals surface area (Å²) in [4.78, 5) is 26.2. The van der Waals surface area contributed by atoms with Crippen LogP contribution >= 0.6 is 0 Å². The first-order valence-corrected chi connectivity index (χ1v) is 7.94. The minimum absolute atomic E-state index is 0.0480. The van der Waals surface area contributed by atoms with Crippen LogP contribution < -0.4 is 10.2 Å². The first kappa shape index (κ1) is 15.3. The topological polar surface area (TPSA) is 62.6 Å². The molecular formula is C18H20N2O3. The molecule has 0 aliphatic carbocycles. The zero-order valence-electron chi connectivity index (χ0n) is 13.0. The predicted molar refractivity (Wildman–Crippen MR) is 87.4 cm³/mol. The number of para-hydroxylation sites is 1. The zero-order chi connectivity index (χ0) is 16.1. The van der Waals surface area contributed by atoms with E-state index in [0.717, 1.165) is 31.5 Å². The van der Waals surface area contributed by atoms with Crippen molar-refractivity contribution in [2.24, 2.45) is 0 Å². The van der Waals surface area contributed by atoms with E-state index in [4.69, 9.17) is 4.42 Å². The van der Waals surface area contributed by atoms with Gasteiger partial charge >= 0.3 is 0 Å². The van der Waals surface area contributed by atoms with Crippen molar-refractivity contribution in [2.45, 2.75) is 25.7 Å². The van der Waals surface area contributed by atoms with E-state index in [0.29, 0.717) is 12.1 Å². The van der Waals surface area contributed by atoms with Gasteiger partial charge in [-0.2, -0.15) is 0 Å². The lowest BCUT2D eigenvalue weighted by Gasteiger charge is -2.23.